The minimum absolute atomic E-state index is 0.780. The summed E-state index contributed by atoms with van der Waals surface area (Å²) in [5, 5.41) is 8.99. The van der Waals surface area contributed by atoms with Gasteiger partial charge in [-0.05, 0) is 36.4 Å². The van der Waals surface area contributed by atoms with E-state index < -0.39 is 0 Å². The van der Waals surface area contributed by atoms with Crippen molar-refractivity contribution in [1.82, 2.24) is 9.97 Å². The lowest BCUT2D eigenvalue weighted by Crippen LogP contribution is -1.83. The number of aromatic nitrogens is 2. The Labute approximate surface area is 151 Å². The van der Waals surface area contributed by atoms with Crippen molar-refractivity contribution >= 4 is 11.4 Å². The number of hydrogen-bond acceptors (Lipinski definition) is 4. The summed E-state index contributed by atoms with van der Waals surface area (Å²) >= 11 is 0. The van der Waals surface area contributed by atoms with E-state index in [0.29, 0.717) is 0 Å². The van der Waals surface area contributed by atoms with Gasteiger partial charge in [-0.2, -0.15) is 0 Å². The molecule has 0 fully saturated rings. The van der Waals surface area contributed by atoms with Crippen LogP contribution in [0.3, 0.4) is 0 Å². The fourth-order valence-corrected chi connectivity index (χ4v) is 2.71. The minimum atomic E-state index is 0.780. The molecule has 2 heterocycles. The van der Waals surface area contributed by atoms with Crippen molar-refractivity contribution in [3.05, 3.63) is 97.3 Å². The SMILES string of the molecule is c1ccc(-c2ccccc2N=Nc2ccccc2-c2ccccn2)nc1. The van der Waals surface area contributed by atoms with Gasteiger partial charge in [-0.3, -0.25) is 9.97 Å². The van der Waals surface area contributed by atoms with Crippen LogP contribution in [0.25, 0.3) is 22.5 Å². The molecule has 0 aliphatic heterocycles. The summed E-state index contributed by atoms with van der Waals surface area (Å²) in [6.07, 6.45) is 3.55. The van der Waals surface area contributed by atoms with Crippen LogP contribution in [0.4, 0.5) is 11.4 Å². The van der Waals surface area contributed by atoms with E-state index in [4.69, 9.17) is 0 Å². The van der Waals surface area contributed by atoms with Gasteiger partial charge in [0.25, 0.3) is 0 Å². The quantitative estimate of drug-likeness (QED) is 0.415. The summed E-state index contributed by atoms with van der Waals surface area (Å²) in [5.41, 5.74) is 5.21. The van der Waals surface area contributed by atoms with Crippen LogP contribution in [0.15, 0.2) is 108 Å². The average Bonchev–Trinajstić information content (AvgIpc) is 2.74. The second kappa shape index (κ2) is 7.49. The van der Waals surface area contributed by atoms with Crippen molar-refractivity contribution in [3.8, 4) is 22.5 Å². The molecule has 124 valence electrons. The molecule has 2 aromatic carbocycles. The van der Waals surface area contributed by atoms with Crippen LogP contribution in [0, 0.1) is 0 Å². The number of rotatable bonds is 4. The van der Waals surface area contributed by atoms with E-state index in [-0.39, 0.29) is 0 Å². The molecule has 0 spiro atoms. The summed E-state index contributed by atoms with van der Waals surface area (Å²) in [6.45, 7) is 0. The van der Waals surface area contributed by atoms with Crippen LogP contribution in [0.1, 0.15) is 0 Å². The highest BCUT2D eigenvalue weighted by Crippen LogP contribution is 2.33. The lowest BCUT2D eigenvalue weighted by atomic mass is 10.1. The standard InChI is InChI=1S/C22H16N4/c1-3-13-21(17(9-1)19-11-5-7-15-23-19)25-26-22-14-4-2-10-18(22)20-12-6-8-16-24-20/h1-16H. The Morgan fingerprint density at radius 2 is 0.885 bits per heavy atom. The van der Waals surface area contributed by atoms with Crippen molar-refractivity contribution in [2.75, 3.05) is 0 Å². The maximum atomic E-state index is 4.50. The number of azo groups is 1. The highest BCUT2D eigenvalue weighted by atomic mass is 15.1. The maximum absolute atomic E-state index is 4.50. The zero-order chi connectivity index (χ0) is 17.6. The van der Waals surface area contributed by atoms with Gasteiger partial charge in [0.05, 0.1) is 22.8 Å². The highest BCUT2D eigenvalue weighted by molar-refractivity contribution is 5.75. The first-order chi connectivity index (χ1) is 12.9. The Balaban J connectivity index is 1.73. The number of nitrogens with zero attached hydrogens (tertiary/aromatic N) is 4. The minimum Gasteiger partial charge on any atom is -0.256 e. The summed E-state index contributed by atoms with van der Waals surface area (Å²) in [4.78, 5) is 8.84. The van der Waals surface area contributed by atoms with Crippen molar-refractivity contribution in [1.29, 1.82) is 0 Å². The van der Waals surface area contributed by atoms with Crippen LogP contribution in [-0.2, 0) is 0 Å². The Morgan fingerprint density at radius 1 is 0.462 bits per heavy atom. The van der Waals surface area contributed by atoms with Gasteiger partial charge in [0, 0.05) is 23.5 Å². The average molecular weight is 336 g/mol. The van der Waals surface area contributed by atoms with Gasteiger partial charge in [-0.25, -0.2) is 0 Å². The maximum Gasteiger partial charge on any atom is 0.0951 e. The van der Waals surface area contributed by atoms with Crippen LogP contribution in [-0.4, -0.2) is 9.97 Å². The molecule has 0 saturated heterocycles. The van der Waals surface area contributed by atoms with Gasteiger partial charge in [0.15, 0.2) is 0 Å². The molecule has 4 rings (SSSR count). The van der Waals surface area contributed by atoms with Gasteiger partial charge in [0.1, 0.15) is 0 Å². The van der Waals surface area contributed by atoms with E-state index in [1.54, 1.807) is 12.4 Å². The van der Waals surface area contributed by atoms with Crippen molar-refractivity contribution in [3.63, 3.8) is 0 Å². The van der Waals surface area contributed by atoms with Gasteiger partial charge >= 0.3 is 0 Å². The van der Waals surface area contributed by atoms with Gasteiger partial charge in [-0.1, -0.05) is 48.5 Å². The molecular weight excluding hydrogens is 320 g/mol. The molecule has 4 aromatic rings. The Bertz CT molecular complexity index is 943. The molecule has 0 N–H and O–H groups in total. The van der Waals surface area contributed by atoms with E-state index in [0.717, 1.165) is 33.9 Å². The molecule has 0 amide bonds. The molecule has 4 nitrogen and oxygen atoms in total. The third-order valence-corrected chi connectivity index (χ3v) is 3.96. The van der Waals surface area contributed by atoms with Crippen LogP contribution in [0.5, 0.6) is 0 Å². The highest BCUT2D eigenvalue weighted by Gasteiger charge is 2.07. The largest absolute Gasteiger partial charge is 0.256 e. The molecule has 0 aliphatic carbocycles. The van der Waals surface area contributed by atoms with Gasteiger partial charge in [-0.15, -0.1) is 10.2 Å². The molecule has 0 aliphatic rings. The van der Waals surface area contributed by atoms with E-state index in [1.807, 2.05) is 84.9 Å². The molecule has 0 bridgehead atoms. The Hall–Kier alpha value is -3.66. The first kappa shape index (κ1) is 15.8. The zero-order valence-electron chi connectivity index (χ0n) is 14.0. The smallest absolute Gasteiger partial charge is 0.0951 e. The summed E-state index contributed by atoms with van der Waals surface area (Å²) in [6, 6.07) is 27.4. The second-order valence-corrected chi connectivity index (χ2v) is 5.66. The molecule has 4 heteroatoms. The van der Waals surface area contributed by atoms with Crippen molar-refractivity contribution < 1.29 is 0 Å². The Morgan fingerprint density at radius 3 is 1.31 bits per heavy atom. The lowest BCUT2D eigenvalue weighted by molar-refractivity contribution is 1.22. The predicted molar refractivity (Wildman–Crippen MR) is 104 cm³/mol. The molecular formula is C22H16N4. The Kier molecular flexibility index (Phi) is 4.56. The monoisotopic (exact) mass is 336 g/mol. The predicted octanol–water partition coefficient (Wildman–Crippen LogP) is 6.23. The second-order valence-electron chi connectivity index (χ2n) is 5.66. The fraction of sp³-hybridized carbons (Fsp3) is 0. The lowest BCUT2D eigenvalue weighted by Gasteiger charge is -2.05. The van der Waals surface area contributed by atoms with E-state index in [9.17, 15) is 0 Å². The summed E-state index contributed by atoms with van der Waals surface area (Å²) in [7, 11) is 0. The molecule has 26 heavy (non-hydrogen) atoms. The van der Waals surface area contributed by atoms with Crippen molar-refractivity contribution in [2.45, 2.75) is 0 Å². The van der Waals surface area contributed by atoms with Gasteiger partial charge in [0.2, 0.25) is 0 Å². The summed E-state index contributed by atoms with van der Waals surface area (Å²) < 4.78 is 0. The van der Waals surface area contributed by atoms with Crippen LogP contribution < -0.4 is 0 Å². The van der Waals surface area contributed by atoms with Crippen LogP contribution >= 0.6 is 0 Å². The molecule has 0 unspecified atom stereocenters. The first-order valence-electron chi connectivity index (χ1n) is 8.34. The fourth-order valence-electron chi connectivity index (χ4n) is 2.71. The van der Waals surface area contributed by atoms with Crippen molar-refractivity contribution in [2.24, 2.45) is 10.2 Å². The molecule has 0 saturated carbocycles. The third kappa shape index (κ3) is 3.39. The summed E-state index contributed by atoms with van der Waals surface area (Å²) in [5.74, 6) is 0. The van der Waals surface area contributed by atoms with E-state index in [1.165, 1.54) is 0 Å². The van der Waals surface area contributed by atoms with E-state index in [2.05, 4.69) is 20.2 Å². The number of benzene rings is 2. The number of hydrogen-bond donors (Lipinski definition) is 0. The molecule has 0 radical (unpaired) electrons. The molecule has 0 atom stereocenters. The number of pyridine rings is 2. The molecule has 2 aromatic heterocycles. The topological polar surface area (TPSA) is 50.5 Å². The normalized spacial score (nSPS) is 10.9. The first-order valence-corrected chi connectivity index (χ1v) is 8.34. The zero-order valence-corrected chi connectivity index (χ0v) is 14.0. The third-order valence-electron chi connectivity index (χ3n) is 3.96. The van der Waals surface area contributed by atoms with Gasteiger partial charge < -0.3 is 0 Å². The van der Waals surface area contributed by atoms with E-state index >= 15 is 0 Å². The van der Waals surface area contributed by atoms with Crippen LogP contribution in [0.2, 0.25) is 0 Å².